The maximum atomic E-state index is 11.7. The van der Waals surface area contributed by atoms with E-state index in [0.29, 0.717) is 19.7 Å². The number of hydrogen-bond donors (Lipinski definition) is 1. The van der Waals surface area contributed by atoms with Crippen molar-refractivity contribution in [1.29, 1.82) is 0 Å². The lowest BCUT2D eigenvalue weighted by Crippen LogP contribution is -2.26. The Morgan fingerprint density at radius 3 is 3.11 bits per heavy atom. The summed E-state index contributed by atoms with van der Waals surface area (Å²) in [5, 5.41) is 1.17. The van der Waals surface area contributed by atoms with Crippen LogP contribution in [0.2, 0.25) is 0 Å². The van der Waals surface area contributed by atoms with Gasteiger partial charge in [0.1, 0.15) is 0 Å². The molecule has 1 aromatic carbocycles. The number of aromatic nitrogens is 1. The molecule has 0 saturated carbocycles. The van der Waals surface area contributed by atoms with Gasteiger partial charge < -0.3 is 9.72 Å². The summed E-state index contributed by atoms with van der Waals surface area (Å²) in [5.41, 5.74) is 3.42. The molecule has 1 aromatic heterocycles. The van der Waals surface area contributed by atoms with E-state index in [0.717, 1.165) is 15.7 Å². The van der Waals surface area contributed by atoms with Crippen LogP contribution < -0.4 is 0 Å². The van der Waals surface area contributed by atoms with Gasteiger partial charge in [0.05, 0.1) is 19.7 Å². The van der Waals surface area contributed by atoms with Gasteiger partial charge in [-0.3, -0.25) is 4.90 Å². The Morgan fingerprint density at radius 2 is 2.33 bits per heavy atom. The fourth-order valence-corrected chi connectivity index (χ4v) is 2.73. The fourth-order valence-electron chi connectivity index (χ4n) is 2.37. The summed E-state index contributed by atoms with van der Waals surface area (Å²) in [4.78, 5) is 16.8. The third-order valence-electron chi connectivity index (χ3n) is 3.18. The molecule has 2 heterocycles. The lowest BCUT2D eigenvalue weighted by Gasteiger charge is -2.14. The minimum Gasteiger partial charge on any atom is -0.450 e. The van der Waals surface area contributed by atoms with Gasteiger partial charge in [0.25, 0.3) is 0 Å². The third kappa shape index (κ3) is 1.79. The molecule has 1 N–H and O–H groups in total. The Kier molecular flexibility index (Phi) is 2.78. The van der Waals surface area contributed by atoms with Gasteiger partial charge in [0, 0.05) is 26.6 Å². The number of aromatic amines is 1. The van der Waals surface area contributed by atoms with Gasteiger partial charge in [-0.15, -0.1) is 0 Å². The first-order chi connectivity index (χ1) is 8.69. The molecule has 0 bridgehead atoms. The molecule has 2 aromatic rings. The summed E-state index contributed by atoms with van der Waals surface area (Å²) >= 11 is 3.48. The minimum absolute atomic E-state index is 0.245. The molecule has 0 atom stereocenters. The van der Waals surface area contributed by atoms with E-state index in [-0.39, 0.29) is 6.09 Å². The number of ether oxygens (including phenoxy) is 1. The lowest BCUT2D eigenvalue weighted by molar-refractivity contribution is 0.106. The zero-order valence-corrected chi connectivity index (χ0v) is 11.6. The molecule has 94 valence electrons. The maximum Gasteiger partial charge on any atom is 0.410 e. The second-order valence-corrected chi connectivity index (χ2v) is 5.24. The van der Waals surface area contributed by atoms with Crippen molar-refractivity contribution in [3.8, 4) is 0 Å². The van der Waals surface area contributed by atoms with Crippen molar-refractivity contribution in [1.82, 2.24) is 9.88 Å². The van der Waals surface area contributed by atoms with Crippen LogP contribution in [0.3, 0.4) is 0 Å². The summed E-state index contributed by atoms with van der Waals surface area (Å²) in [7, 11) is 0. The van der Waals surface area contributed by atoms with Gasteiger partial charge in [0.15, 0.2) is 0 Å². The van der Waals surface area contributed by atoms with Crippen LogP contribution in [0.4, 0.5) is 4.79 Å². The largest absolute Gasteiger partial charge is 0.450 e. The SMILES string of the molecule is CCOC(=O)N1Cc2[nH]c3ccc(Br)cc3c2C1. The van der Waals surface area contributed by atoms with Crippen LogP contribution in [0, 0.1) is 0 Å². The number of halogens is 1. The second kappa shape index (κ2) is 4.31. The van der Waals surface area contributed by atoms with Crippen molar-refractivity contribution in [3.05, 3.63) is 33.9 Å². The molecule has 5 heteroatoms. The number of fused-ring (bicyclic) bond motifs is 3. The van der Waals surface area contributed by atoms with Gasteiger partial charge in [0.2, 0.25) is 0 Å². The Balaban J connectivity index is 1.94. The summed E-state index contributed by atoms with van der Waals surface area (Å²) in [6.45, 7) is 3.44. The standard InChI is InChI=1S/C13H13BrN2O2/c1-2-18-13(17)16-6-10-9-5-8(14)3-4-11(9)15-12(10)7-16/h3-5,15H,2,6-7H2,1H3. The molecule has 0 radical (unpaired) electrons. The second-order valence-electron chi connectivity index (χ2n) is 4.33. The highest BCUT2D eigenvalue weighted by Gasteiger charge is 2.27. The minimum atomic E-state index is -0.245. The van der Waals surface area contributed by atoms with Crippen LogP contribution >= 0.6 is 15.9 Å². The highest BCUT2D eigenvalue weighted by Crippen LogP contribution is 2.32. The molecule has 1 aliphatic rings. The van der Waals surface area contributed by atoms with E-state index in [1.807, 2.05) is 19.1 Å². The van der Waals surface area contributed by atoms with Gasteiger partial charge in [-0.1, -0.05) is 15.9 Å². The molecule has 18 heavy (non-hydrogen) atoms. The molecule has 0 aliphatic carbocycles. The topological polar surface area (TPSA) is 45.3 Å². The first-order valence-electron chi connectivity index (χ1n) is 5.89. The summed E-state index contributed by atoms with van der Waals surface area (Å²) < 4.78 is 6.07. The Hall–Kier alpha value is -1.49. The average molecular weight is 309 g/mol. The number of carbonyl (C=O) groups excluding carboxylic acids is 1. The van der Waals surface area contributed by atoms with Crippen molar-refractivity contribution >= 4 is 32.9 Å². The number of nitrogens with zero attached hydrogens (tertiary/aromatic N) is 1. The molecular weight excluding hydrogens is 296 g/mol. The average Bonchev–Trinajstić information content (AvgIpc) is 2.87. The van der Waals surface area contributed by atoms with E-state index in [1.165, 1.54) is 10.9 Å². The number of nitrogens with one attached hydrogen (secondary N) is 1. The highest BCUT2D eigenvalue weighted by molar-refractivity contribution is 9.10. The Morgan fingerprint density at radius 1 is 1.50 bits per heavy atom. The molecular formula is C13H13BrN2O2. The lowest BCUT2D eigenvalue weighted by atomic mass is 10.1. The predicted molar refractivity (Wildman–Crippen MR) is 72.3 cm³/mol. The van der Waals surface area contributed by atoms with Crippen molar-refractivity contribution in [2.45, 2.75) is 20.0 Å². The monoisotopic (exact) mass is 308 g/mol. The van der Waals surface area contributed by atoms with Crippen LogP contribution in [0.1, 0.15) is 18.2 Å². The Labute approximate surface area is 113 Å². The number of rotatable bonds is 1. The van der Waals surface area contributed by atoms with Crippen LogP contribution in [0.5, 0.6) is 0 Å². The van der Waals surface area contributed by atoms with E-state index in [4.69, 9.17) is 4.74 Å². The van der Waals surface area contributed by atoms with Crippen molar-refractivity contribution < 1.29 is 9.53 Å². The molecule has 0 fully saturated rings. The molecule has 4 nitrogen and oxygen atoms in total. The van der Waals surface area contributed by atoms with E-state index >= 15 is 0 Å². The fraction of sp³-hybridized carbons (Fsp3) is 0.308. The van der Waals surface area contributed by atoms with E-state index < -0.39 is 0 Å². The van der Waals surface area contributed by atoms with Gasteiger partial charge in [-0.2, -0.15) is 0 Å². The first kappa shape index (κ1) is 11.6. The number of amides is 1. The van der Waals surface area contributed by atoms with Crippen LogP contribution in [-0.2, 0) is 17.8 Å². The van der Waals surface area contributed by atoms with Crippen molar-refractivity contribution in [2.75, 3.05) is 6.61 Å². The zero-order chi connectivity index (χ0) is 12.7. The van der Waals surface area contributed by atoms with Crippen molar-refractivity contribution in [3.63, 3.8) is 0 Å². The van der Waals surface area contributed by atoms with Gasteiger partial charge in [-0.25, -0.2) is 4.79 Å². The molecule has 1 aliphatic heterocycles. The number of benzene rings is 1. The molecule has 0 spiro atoms. The van der Waals surface area contributed by atoms with Crippen LogP contribution in [0.25, 0.3) is 10.9 Å². The number of hydrogen-bond acceptors (Lipinski definition) is 2. The maximum absolute atomic E-state index is 11.7. The molecule has 0 saturated heterocycles. The van der Waals surface area contributed by atoms with Crippen molar-refractivity contribution in [2.24, 2.45) is 0 Å². The first-order valence-corrected chi connectivity index (χ1v) is 6.69. The summed E-state index contributed by atoms with van der Waals surface area (Å²) in [6, 6.07) is 6.14. The van der Waals surface area contributed by atoms with Gasteiger partial charge in [-0.05, 0) is 25.1 Å². The quantitative estimate of drug-likeness (QED) is 0.877. The predicted octanol–water partition coefficient (Wildman–Crippen LogP) is 3.40. The normalized spacial score (nSPS) is 14.0. The van der Waals surface area contributed by atoms with Gasteiger partial charge >= 0.3 is 6.09 Å². The third-order valence-corrected chi connectivity index (χ3v) is 3.67. The van der Waals surface area contributed by atoms with Crippen LogP contribution in [-0.4, -0.2) is 22.6 Å². The van der Waals surface area contributed by atoms with E-state index in [1.54, 1.807) is 4.90 Å². The summed E-state index contributed by atoms with van der Waals surface area (Å²) in [5.74, 6) is 0. The number of H-pyrrole nitrogens is 1. The Bertz CT molecular complexity index is 621. The van der Waals surface area contributed by atoms with Crippen LogP contribution in [0.15, 0.2) is 22.7 Å². The number of carbonyl (C=O) groups is 1. The highest BCUT2D eigenvalue weighted by atomic mass is 79.9. The summed E-state index contributed by atoms with van der Waals surface area (Å²) in [6.07, 6.45) is -0.245. The molecule has 0 unspecified atom stereocenters. The van der Waals surface area contributed by atoms with E-state index in [2.05, 4.69) is 27.0 Å². The smallest absolute Gasteiger partial charge is 0.410 e. The molecule has 1 amide bonds. The van der Waals surface area contributed by atoms with E-state index in [9.17, 15) is 4.79 Å². The zero-order valence-electron chi connectivity index (χ0n) is 10.00. The molecule has 3 rings (SSSR count).